The number of ether oxygens (including phenoxy) is 1. The maximum absolute atomic E-state index is 13.6. The van der Waals surface area contributed by atoms with Crippen molar-refractivity contribution in [2.24, 2.45) is 0 Å². The van der Waals surface area contributed by atoms with E-state index in [1.807, 2.05) is 20.8 Å². The number of alkyl carbamates (subject to hydrolysis) is 1. The lowest BCUT2D eigenvalue weighted by Gasteiger charge is -2.70. The average molecular weight is 421 g/mol. The summed E-state index contributed by atoms with van der Waals surface area (Å²) in [6.07, 6.45) is 4.54. The van der Waals surface area contributed by atoms with Gasteiger partial charge in [0.1, 0.15) is 11.4 Å². The van der Waals surface area contributed by atoms with Crippen LogP contribution in [0.3, 0.4) is 0 Å². The van der Waals surface area contributed by atoms with Gasteiger partial charge in [-0.15, -0.1) is 0 Å². The van der Waals surface area contributed by atoms with Crippen LogP contribution in [0.5, 0.6) is 0 Å². The molecule has 154 valence electrons. The summed E-state index contributed by atoms with van der Waals surface area (Å²) in [5, 5.41) is 10.1. The zero-order valence-electron chi connectivity index (χ0n) is 16.4. The van der Waals surface area contributed by atoms with E-state index in [0.717, 1.165) is 0 Å². The second-order valence-electron chi connectivity index (χ2n) is 8.94. The minimum Gasteiger partial charge on any atom is -0.444 e. The zero-order chi connectivity index (χ0) is 21.0. The molecule has 7 nitrogen and oxygen atoms in total. The molecule has 1 aromatic carbocycles. The van der Waals surface area contributed by atoms with Crippen LogP contribution >= 0.6 is 11.6 Å². The van der Waals surface area contributed by atoms with Crippen LogP contribution in [0.2, 0.25) is 5.02 Å². The molecule has 0 aliphatic heterocycles. The number of amides is 2. The number of carbonyl (C=O) groups is 2. The molecule has 2 amide bonds. The van der Waals surface area contributed by atoms with Gasteiger partial charge >= 0.3 is 6.09 Å². The Bertz CT molecular complexity index is 978. The summed E-state index contributed by atoms with van der Waals surface area (Å²) in [6.45, 7) is 5.44. The number of nitrogens with one attached hydrogen (secondary N) is 2. The molecule has 29 heavy (non-hydrogen) atoms. The van der Waals surface area contributed by atoms with Crippen molar-refractivity contribution in [3.8, 4) is 5.69 Å². The molecule has 1 heterocycles. The average Bonchev–Trinajstić information content (AvgIpc) is 3.02. The highest BCUT2D eigenvalue weighted by atomic mass is 35.5. The summed E-state index contributed by atoms with van der Waals surface area (Å²) >= 11 is 5.69. The maximum atomic E-state index is 13.6. The van der Waals surface area contributed by atoms with Crippen molar-refractivity contribution in [3.05, 3.63) is 47.0 Å². The highest BCUT2D eigenvalue weighted by Gasteiger charge is 2.69. The number of carbonyl (C=O) groups excluding carboxylic acids is 2. The minimum atomic E-state index is -0.553. The van der Waals surface area contributed by atoms with Gasteiger partial charge in [-0.3, -0.25) is 4.79 Å². The van der Waals surface area contributed by atoms with Gasteiger partial charge in [0.2, 0.25) is 0 Å². The Balaban J connectivity index is 1.34. The summed E-state index contributed by atoms with van der Waals surface area (Å²) < 4.78 is 20.4. The number of hydrogen-bond donors (Lipinski definition) is 2. The fourth-order valence-electron chi connectivity index (χ4n) is 4.10. The Hall–Kier alpha value is -2.61. The van der Waals surface area contributed by atoms with Gasteiger partial charge in [-0.1, -0.05) is 11.6 Å². The van der Waals surface area contributed by atoms with Crippen LogP contribution in [0.15, 0.2) is 30.6 Å². The quantitative estimate of drug-likeness (QED) is 0.791. The molecule has 9 heteroatoms. The van der Waals surface area contributed by atoms with Crippen LogP contribution in [0.1, 0.15) is 50.4 Å². The first kappa shape index (κ1) is 19.7. The topological polar surface area (TPSA) is 85.2 Å². The Labute approximate surface area is 172 Å². The number of halogens is 2. The number of hydrogen-bond acceptors (Lipinski definition) is 4. The molecule has 1 aromatic heterocycles. The molecule has 0 radical (unpaired) electrons. The van der Waals surface area contributed by atoms with Crippen molar-refractivity contribution in [1.29, 1.82) is 0 Å². The minimum absolute atomic E-state index is 0.0245. The van der Waals surface area contributed by atoms with E-state index in [2.05, 4.69) is 15.7 Å². The number of aromatic nitrogens is 2. The van der Waals surface area contributed by atoms with E-state index in [0.29, 0.717) is 30.5 Å². The summed E-state index contributed by atoms with van der Waals surface area (Å²) in [4.78, 5) is 24.5. The first-order chi connectivity index (χ1) is 13.5. The lowest BCUT2D eigenvalue weighted by molar-refractivity contribution is -0.0969. The van der Waals surface area contributed by atoms with E-state index < -0.39 is 17.5 Å². The molecule has 0 saturated heterocycles. The van der Waals surface area contributed by atoms with E-state index in [1.54, 1.807) is 6.07 Å². The Kier molecular flexibility index (Phi) is 4.38. The number of benzene rings is 1. The van der Waals surface area contributed by atoms with Crippen molar-refractivity contribution >= 4 is 23.6 Å². The molecule has 3 fully saturated rings. The molecule has 5 rings (SSSR count). The van der Waals surface area contributed by atoms with E-state index in [1.165, 1.54) is 29.2 Å². The van der Waals surface area contributed by atoms with Gasteiger partial charge in [-0.05, 0) is 52.2 Å². The number of rotatable bonds is 4. The first-order valence-electron chi connectivity index (χ1n) is 9.32. The lowest BCUT2D eigenvalue weighted by atomic mass is 9.44. The van der Waals surface area contributed by atoms with Crippen LogP contribution < -0.4 is 10.6 Å². The van der Waals surface area contributed by atoms with Crippen molar-refractivity contribution in [1.82, 2.24) is 20.4 Å². The molecule has 3 aliphatic carbocycles. The molecule has 0 unspecified atom stereocenters. The van der Waals surface area contributed by atoms with Crippen LogP contribution in [0.4, 0.5) is 9.18 Å². The predicted molar refractivity (Wildman–Crippen MR) is 105 cm³/mol. The fourth-order valence-corrected chi connectivity index (χ4v) is 4.21. The SMILES string of the molecule is CC(C)(C)OC(=O)NC12CC(NC(=O)c3cnn(-c4ccc(Cl)c(F)c4)c3)(C1)C2. The lowest BCUT2D eigenvalue weighted by Crippen LogP contribution is -2.83. The Morgan fingerprint density at radius 1 is 1.21 bits per heavy atom. The van der Waals surface area contributed by atoms with Gasteiger partial charge in [-0.25, -0.2) is 13.9 Å². The molecule has 2 aromatic rings. The van der Waals surface area contributed by atoms with Crippen molar-refractivity contribution < 1.29 is 18.7 Å². The monoisotopic (exact) mass is 420 g/mol. The second-order valence-corrected chi connectivity index (χ2v) is 9.35. The van der Waals surface area contributed by atoms with E-state index in [-0.39, 0.29) is 22.0 Å². The van der Waals surface area contributed by atoms with Crippen LogP contribution in [0, 0.1) is 5.82 Å². The number of nitrogens with zero attached hydrogens (tertiary/aromatic N) is 2. The summed E-state index contributed by atoms with van der Waals surface area (Å²) in [7, 11) is 0. The third kappa shape index (κ3) is 3.81. The summed E-state index contributed by atoms with van der Waals surface area (Å²) in [6, 6.07) is 4.31. The highest BCUT2D eigenvalue weighted by Crippen LogP contribution is 2.60. The third-order valence-electron chi connectivity index (χ3n) is 5.19. The molecule has 0 spiro atoms. The standard InChI is InChI=1S/C20H22ClFN4O3/c1-18(2,3)29-17(28)25-20-9-19(10-20,11-20)24-16(27)12-7-23-26(8-12)13-4-5-14(21)15(22)6-13/h4-8H,9-11H2,1-3H3,(H,24,27)(H,25,28). The molecule has 0 atom stereocenters. The second kappa shape index (κ2) is 6.45. The Morgan fingerprint density at radius 2 is 1.86 bits per heavy atom. The molecule has 3 aliphatic rings. The summed E-state index contributed by atoms with van der Waals surface area (Å²) in [5.74, 6) is -0.807. The third-order valence-corrected chi connectivity index (χ3v) is 5.49. The van der Waals surface area contributed by atoms with Gasteiger partial charge < -0.3 is 15.4 Å². The molecular formula is C20H22ClFN4O3. The molecular weight excluding hydrogens is 399 g/mol. The first-order valence-corrected chi connectivity index (χ1v) is 9.70. The van der Waals surface area contributed by atoms with Gasteiger partial charge in [0.15, 0.2) is 0 Å². The van der Waals surface area contributed by atoms with Crippen molar-refractivity contribution in [3.63, 3.8) is 0 Å². The fraction of sp³-hybridized carbons (Fsp3) is 0.450. The van der Waals surface area contributed by atoms with Gasteiger partial charge in [-0.2, -0.15) is 5.10 Å². The largest absolute Gasteiger partial charge is 0.444 e. The molecule has 2 bridgehead atoms. The normalized spacial score (nSPS) is 24.9. The van der Waals surface area contributed by atoms with Crippen molar-refractivity contribution in [2.75, 3.05) is 0 Å². The Morgan fingerprint density at radius 3 is 2.48 bits per heavy atom. The highest BCUT2D eigenvalue weighted by molar-refractivity contribution is 6.30. The van der Waals surface area contributed by atoms with Crippen LogP contribution in [0.25, 0.3) is 5.69 Å². The van der Waals surface area contributed by atoms with Gasteiger partial charge in [0, 0.05) is 17.8 Å². The van der Waals surface area contributed by atoms with E-state index >= 15 is 0 Å². The van der Waals surface area contributed by atoms with Crippen LogP contribution in [-0.4, -0.2) is 38.5 Å². The predicted octanol–water partition coefficient (Wildman–Crippen LogP) is 3.59. The van der Waals surface area contributed by atoms with Crippen LogP contribution in [-0.2, 0) is 4.74 Å². The van der Waals surface area contributed by atoms with Crippen molar-refractivity contribution in [2.45, 2.75) is 56.7 Å². The van der Waals surface area contributed by atoms with E-state index in [9.17, 15) is 14.0 Å². The molecule has 3 saturated carbocycles. The maximum Gasteiger partial charge on any atom is 0.408 e. The van der Waals surface area contributed by atoms with E-state index in [4.69, 9.17) is 16.3 Å². The summed E-state index contributed by atoms with van der Waals surface area (Å²) in [5.41, 5.74) is -0.301. The zero-order valence-corrected chi connectivity index (χ0v) is 17.1. The van der Waals surface area contributed by atoms with Gasteiger partial charge in [0.25, 0.3) is 5.91 Å². The van der Waals surface area contributed by atoms with Gasteiger partial charge in [0.05, 0.1) is 28.0 Å². The smallest absolute Gasteiger partial charge is 0.408 e. The molecule has 2 N–H and O–H groups in total.